The Bertz CT molecular complexity index is 913. The van der Waals surface area contributed by atoms with Crippen LogP contribution in [-0.2, 0) is 13.0 Å². The Morgan fingerprint density at radius 1 is 1.15 bits per heavy atom. The molecule has 1 aliphatic rings. The fourth-order valence-corrected chi connectivity index (χ4v) is 2.80. The van der Waals surface area contributed by atoms with Crippen LogP contribution in [0.3, 0.4) is 0 Å². The van der Waals surface area contributed by atoms with E-state index in [9.17, 15) is 4.39 Å². The quantitative estimate of drug-likeness (QED) is 0.731. The monoisotopic (exact) mass is 355 g/mol. The molecule has 0 bridgehead atoms. The molecule has 0 saturated heterocycles. The lowest BCUT2D eigenvalue weighted by molar-refractivity contribution is 0.174. The van der Waals surface area contributed by atoms with Gasteiger partial charge in [0.05, 0.1) is 6.54 Å². The molecule has 0 amide bonds. The van der Waals surface area contributed by atoms with Gasteiger partial charge in [0.1, 0.15) is 5.82 Å². The minimum absolute atomic E-state index is 0.0689. The second-order valence-corrected chi connectivity index (χ2v) is 6.16. The molecule has 0 unspecified atom stereocenters. The number of rotatable bonds is 6. The predicted octanol–water partition coefficient (Wildman–Crippen LogP) is 3.33. The molecule has 7 heteroatoms. The Hall–Kier alpha value is -2.93. The molecule has 2 aromatic carbocycles. The van der Waals surface area contributed by atoms with E-state index in [1.807, 2.05) is 31.2 Å². The van der Waals surface area contributed by atoms with Crippen molar-refractivity contribution >= 4 is 0 Å². The van der Waals surface area contributed by atoms with Crippen molar-refractivity contribution in [2.24, 2.45) is 0 Å². The van der Waals surface area contributed by atoms with Gasteiger partial charge in [-0.2, -0.15) is 4.98 Å². The molecule has 1 aromatic heterocycles. The molecule has 1 N–H and O–H groups in total. The maximum Gasteiger partial charge on any atom is 0.258 e. The van der Waals surface area contributed by atoms with Gasteiger partial charge in [-0.15, -0.1) is 0 Å². The molecule has 0 fully saturated rings. The van der Waals surface area contributed by atoms with Crippen LogP contribution in [0, 0.1) is 5.82 Å². The number of aromatic nitrogens is 2. The summed E-state index contributed by atoms with van der Waals surface area (Å²) in [5.41, 5.74) is 1.45. The zero-order valence-corrected chi connectivity index (χ0v) is 14.2. The van der Waals surface area contributed by atoms with E-state index in [4.69, 9.17) is 14.0 Å². The lowest BCUT2D eigenvalue weighted by Gasteiger charge is -2.12. The molecular weight excluding hydrogens is 337 g/mol. The summed E-state index contributed by atoms with van der Waals surface area (Å²) in [5.74, 6) is 2.14. The topological polar surface area (TPSA) is 69.4 Å². The third-order valence-electron chi connectivity index (χ3n) is 4.18. The standard InChI is InChI=1S/C19H18FN3O3/c1-12(8-13-4-2-3-5-15(13)20)21-10-18-22-19(26-23-18)14-6-7-16-17(9-14)25-11-24-16/h2-7,9,12,21H,8,10-11H2,1H3/t12-/m1/s1. The Morgan fingerprint density at radius 3 is 2.88 bits per heavy atom. The summed E-state index contributed by atoms with van der Waals surface area (Å²) < 4.78 is 29.7. The van der Waals surface area contributed by atoms with Crippen LogP contribution in [0.1, 0.15) is 18.3 Å². The van der Waals surface area contributed by atoms with Gasteiger partial charge < -0.3 is 19.3 Å². The summed E-state index contributed by atoms with van der Waals surface area (Å²) in [6.45, 7) is 2.65. The Labute approximate surface area is 149 Å². The van der Waals surface area contributed by atoms with Crippen molar-refractivity contribution < 1.29 is 18.4 Å². The normalized spacial score (nSPS) is 13.8. The molecule has 4 rings (SSSR count). The van der Waals surface area contributed by atoms with E-state index in [0.717, 1.165) is 5.56 Å². The molecule has 0 aliphatic carbocycles. The summed E-state index contributed by atoms with van der Waals surface area (Å²) in [6, 6.07) is 12.3. The van der Waals surface area contributed by atoms with Crippen molar-refractivity contribution in [2.45, 2.75) is 25.9 Å². The average Bonchev–Trinajstić information content (AvgIpc) is 3.30. The highest BCUT2D eigenvalue weighted by molar-refractivity contribution is 5.60. The van der Waals surface area contributed by atoms with Crippen molar-refractivity contribution in [3.05, 3.63) is 59.7 Å². The van der Waals surface area contributed by atoms with Gasteiger partial charge in [0.2, 0.25) is 6.79 Å². The highest BCUT2D eigenvalue weighted by Crippen LogP contribution is 2.35. The van der Waals surface area contributed by atoms with Crippen LogP contribution in [0.25, 0.3) is 11.5 Å². The van der Waals surface area contributed by atoms with E-state index in [0.29, 0.717) is 41.7 Å². The van der Waals surface area contributed by atoms with E-state index in [2.05, 4.69) is 15.5 Å². The molecule has 1 aliphatic heterocycles. The number of nitrogens with one attached hydrogen (secondary N) is 1. The molecule has 2 heterocycles. The Balaban J connectivity index is 1.37. The number of fused-ring (bicyclic) bond motifs is 1. The van der Waals surface area contributed by atoms with Gasteiger partial charge in [-0.25, -0.2) is 4.39 Å². The zero-order chi connectivity index (χ0) is 17.9. The van der Waals surface area contributed by atoms with Crippen molar-refractivity contribution in [2.75, 3.05) is 6.79 Å². The maximum absolute atomic E-state index is 13.7. The Kier molecular flexibility index (Phi) is 4.53. The molecule has 0 spiro atoms. The van der Waals surface area contributed by atoms with Crippen LogP contribution >= 0.6 is 0 Å². The fourth-order valence-electron chi connectivity index (χ4n) is 2.80. The second kappa shape index (κ2) is 7.13. The van der Waals surface area contributed by atoms with Gasteiger partial charge in [-0.3, -0.25) is 0 Å². The first-order valence-corrected chi connectivity index (χ1v) is 8.38. The molecule has 6 nitrogen and oxygen atoms in total. The molecule has 1 atom stereocenters. The van der Waals surface area contributed by atoms with Crippen LogP contribution in [0.4, 0.5) is 4.39 Å². The summed E-state index contributed by atoms with van der Waals surface area (Å²) in [6.07, 6.45) is 0.583. The molecule has 134 valence electrons. The van der Waals surface area contributed by atoms with Gasteiger partial charge in [-0.1, -0.05) is 23.4 Å². The number of nitrogens with zero attached hydrogens (tertiary/aromatic N) is 2. The van der Waals surface area contributed by atoms with Crippen molar-refractivity contribution in [1.29, 1.82) is 0 Å². The summed E-state index contributed by atoms with van der Waals surface area (Å²) in [5, 5.41) is 7.27. The third-order valence-corrected chi connectivity index (χ3v) is 4.18. The molecule has 26 heavy (non-hydrogen) atoms. The van der Waals surface area contributed by atoms with Gasteiger partial charge in [0.15, 0.2) is 17.3 Å². The Morgan fingerprint density at radius 2 is 2.00 bits per heavy atom. The highest BCUT2D eigenvalue weighted by atomic mass is 19.1. The maximum atomic E-state index is 13.7. The van der Waals surface area contributed by atoms with E-state index >= 15 is 0 Å². The minimum Gasteiger partial charge on any atom is -0.454 e. The van der Waals surface area contributed by atoms with E-state index in [1.54, 1.807) is 12.1 Å². The summed E-state index contributed by atoms with van der Waals surface area (Å²) in [7, 11) is 0. The number of benzene rings is 2. The number of hydrogen-bond acceptors (Lipinski definition) is 6. The van der Waals surface area contributed by atoms with Crippen LogP contribution in [0.5, 0.6) is 11.5 Å². The molecule has 0 radical (unpaired) electrons. The van der Waals surface area contributed by atoms with E-state index in [1.165, 1.54) is 6.07 Å². The van der Waals surface area contributed by atoms with E-state index in [-0.39, 0.29) is 18.7 Å². The van der Waals surface area contributed by atoms with Crippen LogP contribution in [-0.4, -0.2) is 23.0 Å². The average molecular weight is 355 g/mol. The van der Waals surface area contributed by atoms with Gasteiger partial charge in [0.25, 0.3) is 5.89 Å². The molecular formula is C19H18FN3O3. The van der Waals surface area contributed by atoms with Crippen LogP contribution < -0.4 is 14.8 Å². The van der Waals surface area contributed by atoms with Gasteiger partial charge in [-0.05, 0) is 43.2 Å². The van der Waals surface area contributed by atoms with Gasteiger partial charge in [0, 0.05) is 11.6 Å². The van der Waals surface area contributed by atoms with E-state index < -0.39 is 0 Å². The number of halogens is 1. The smallest absolute Gasteiger partial charge is 0.258 e. The summed E-state index contributed by atoms with van der Waals surface area (Å²) in [4.78, 5) is 4.39. The first-order chi connectivity index (χ1) is 12.7. The lowest BCUT2D eigenvalue weighted by atomic mass is 10.1. The van der Waals surface area contributed by atoms with Crippen LogP contribution in [0.2, 0.25) is 0 Å². The number of ether oxygens (including phenoxy) is 2. The lowest BCUT2D eigenvalue weighted by Crippen LogP contribution is -2.28. The second-order valence-electron chi connectivity index (χ2n) is 6.16. The summed E-state index contributed by atoms with van der Waals surface area (Å²) >= 11 is 0. The van der Waals surface area contributed by atoms with Crippen LogP contribution in [0.15, 0.2) is 47.0 Å². The predicted molar refractivity (Wildman–Crippen MR) is 92.3 cm³/mol. The fraction of sp³-hybridized carbons (Fsp3) is 0.263. The first kappa shape index (κ1) is 16.5. The molecule has 3 aromatic rings. The highest BCUT2D eigenvalue weighted by Gasteiger charge is 2.17. The largest absolute Gasteiger partial charge is 0.454 e. The first-order valence-electron chi connectivity index (χ1n) is 8.38. The van der Waals surface area contributed by atoms with Gasteiger partial charge >= 0.3 is 0 Å². The van der Waals surface area contributed by atoms with Crippen molar-refractivity contribution in [1.82, 2.24) is 15.5 Å². The molecule has 0 saturated carbocycles. The zero-order valence-electron chi connectivity index (χ0n) is 14.2. The SMILES string of the molecule is C[C@H](Cc1ccccc1F)NCc1noc(-c2ccc3c(c2)OCO3)n1. The minimum atomic E-state index is -0.189. The van der Waals surface area contributed by atoms with Crippen molar-refractivity contribution in [3.63, 3.8) is 0 Å². The number of hydrogen-bond donors (Lipinski definition) is 1. The van der Waals surface area contributed by atoms with Crippen molar-refractivity contribution in [3.8, 4) is 23.0 Å². The third kappa shape index (κ3) is 3.52.